The molecule has 2 aromatic heterocycles. The maximum Gasteiger partial charge on any atom is 0.236 e. The van der Waals surface area contributed by atoms with Crippen LogP contribution in [0.4, 0.5) is 0 Å². The zero-order valence-electron chi connectivity index (χ0n) is 11.8. The summed E-state index contributed by atoms with van der Waals surface area (Å²) in [5.41, 5.74) is 6.83. The number of hydrogen-bond donors (Lipinski definition) is 1. The molecule has 108 valence electrons. The summed E-state index contributed by atoms with van der Waals surface area (Å²) < 4.78 is 5.59. The van der Waals surface area contributed by atoms with Gasteiger partial charge in [-0.05, 0) is 43.7 Å². The Bertz CT molecular complexity index is 537. The van der Waals surface area contributed by atoms with Crippen molar-refractivity contribution in [1.29, 1.82) is 0 Å². The van der Waals surface area contributed by atoms with Crippen molar-refractivity contribution in [2.45, 2.75) is 32.4 Å². The zero-order chi connectivity index (χ0) is 13.9. The van der Waals surface area contributed by atoms with Gasteiger partial charge >= 0.3 is 0 Å². The fourth-order valence-corrected chi connectivity index (χ4v) is 3.43. The summed E-state index contributed by atoms with van der Waals surface area (Å²) in [6, 6.07) is 4.65. The van der Waals surface area contributed by atoms with Crippen molar-refractivity contribution in [3.8, 4) is 10.8 Å². The number of nitrogens with zero attached hydrogens (tertiary/aromatic N) is 2. The highest BCUT2D eigenvalue weighted by molar-refractivity contribution is 7.13. The first kappa shape index (κ1) is 13.8. The lowest BCUT2D eigenvalue weighted by Gasteiger charge is -2.37. The van der Waals surface area contributed by atoms with Crippen molar-refractivity contribution in [3.05, 3.63) is 29.5 Å². The number of hydrogen-bond acceptors (Lipinski definition) is 5. The minimum Gasteiger partial charge on any atom is -0.444 e. The standard InChI is InChI=1S/C15H21N3OS/c1-11-4-5-12(7-16)8-18(11)9-13-10-19-15(17-13)14-3-2-6-20-14/h2-3,6,10-12H,4-5,7-9,16H2,1H3. The molecule has 0 aliphatic carbocycles. The van der Waals surface area contributed by atoms with Crippen LogP contribution in [0.3, 0.4) is 0 Å². The Morgan fingerprint density at radius 2 is 2.40 bits per heavy atom. The van der Waals surface area contributed by atoms with Crippen molar-refractivity contribution in [2.75, 3.05) is 13.1 Å². The van der Waals surface area contributed by atoms with Gasteiger partial charge < -0.3 is 10.2 Å². The first-order valence-electron chi connectivity index (χ1n) is 7.18. The molecule has 3 rings (SSSR count). The average molecular weight is 291 g/mol. The Hall–Kier alpha value is -1.17. The van der Waals surface area contributed by atoms with Gasteiger partial charge in [0.25, 0.3) is 0 Å². The first-order chi connectivity index (χ1) is 9.76. The van der Waals surface area contributed by atoms with Crippen LogP contribution in [0.25, 0.3) is 10.8 Å². The molecular formula is C15H21N3OS. The molecule has 1 saturated heterocycles. The van der Waals surface area contributed by atoms with Crippen LogP contribution in [0.2, 0.25) is 0 Å². The highest BCUT2D eigenvalue weighted by Crippen LogP contribution is 2.26. The van der Waals surface area contributed by atoms with Crippen molar-refractivity contribution in [3.63, 3.8) is 0 Å². The predicted molar refractivity (Wildman–Crippen MR) is 81.5 cm³/mol. The van der Waals surface area contributed by atoms with E-state index in [1.165, 1.54) is 12.8 Å². The molecule has 1 aliphatic heterocycles. The number of thiophene rings is 1. The Morgan fingerprint density at radius 3 is 3.15 bits per heavy atom. The lowest BCUT2D eigenvalue weighted by molar-refractivity contribution is 0.112. The van der Waals surface area contributed by atoms with Crippen LogP contribution in [-0.4, -0.2) is 29.0 Å². The van der Waals surface area contributed by atoms with E-state index >= 15 is 0 Å². The van der Waals surface area contributed by atoms with E-state index in [0.717, 1.165) is 36.1 Å². The van der Waals surface area contributed by atoms with Crippen LogP contribution < -0.4 is 5.73 Å². The van der Waals surface area contributed by atoms with E-state index in [9.17, 15) is 0 Å². The van der Waals surface area contributed by atoms with E-state index in [-0.39, 0.29) is 0 Å². The number of aromatic nitrogens is 1. The van der Waals surface area contributed by atoms with E-state index < -0.39 is 0 Å². The van der Waals surface area contributed by atoms with Crippen molar-refractivity contribution in [1.82, 2.24) is 9.88 Å². The molecule has 0 spiro atoms. The molecule has 0 saturated carbocycles. The first-order valence-corrected chi connectivity index (χ1v) is 8.06. The lowest BCUT2D eigenvalue weighted by atomic mass is 9.93. The summed E-state index contributed by atoms with van der Waals surface area (Å²) in [6.45, 7) is 4.99. The van der Waals surface area contributed by atoms with Crippen molar-refractivity contribution >= 4 is 11.3 Å². The number of rotatable bonds is 4. The van der Waals surface area contributed by atoms with Gasteiger partial charge in [0, 0.05) is 19.1 Å². The van der Waals surface area contributed by atoms with Gasteiger partial charge in [-0.2, -0.15) is 0 Å². The largest absolute Gasteiger partial charge is 0.444 e. The Kier molecular flexibility index (Phi) is 4.19. The summed E-state index contributed by atoms with van der Waals surface area (Å²) >= 11 is 1.65. The Labute approximate surface area is 123 Å². The van der Waals surface area contributed by atoms with E-state index in [2.05, 4.69) is 16.8 Å². The van der Waals surface area contributed by atoms with E-state index in [1.54, 1.807) is 17.6 Å². The fraction of sp³-hybridized carbons (Fsp3) is 0.533. The molecule has 1 fully saturated rings. The third-order valence-electron chi connectivity index (χ3n) is 4.09. The van der Waals surface area contributed by atoms with Gasteiger partial charge in [-0.15, -0.1) is 11.3 Å². The van der Waals surface area contributed by atoms with Crippen LogP contribution in [0.5, 0.6) is 0 Å². The van der Waals surface area contributed by atoms with Crippen LogP contribution in [0.1, 0.15) is 25.5 Å². The lowest BCUT2D eigenvalue weighted by Crippen LogP contribution is -2.43. The van der Waals surface area contributed by atoms with Crippen LogP contribution in [0.15, 0.2) is 28.2 Å². The third-order valence-corrected chi connectivity index (χ3v) is 4.95. The predicted octanol–water partition coefficient (Wildman–Crippen LogP) is 2.96. The molecule has 4 nitrogen and oxygen atoms in total. The van der Waals surface area contributed by atoms with E-state index in [0.29, 0.717) is 12.0 Å². The maximum atomic E-state index is 5.81. The van der Waals surface area contributed by atoms with Crippen LogP contribution in [-0.2, 0) is 6.54 Å². The molecule has 2 atom stereocenters. The Morgan fingerprint density at radius 1 is 1.50 bits per heavy atom. The Balaban J connectivity index is 1.68. The second-order valence-corrected chi connectivity index (χ2v) is 6.53. The van der Waals surface area contributed by atoms with Gasteiger partial charge in [0.05, 0.1) is 10.6 Å². The van der Waals surface area contributed by atoms with Crippen LogP contribution in [0, 0.1) is 5.92 Å². The molecular weight excluding hydrogens is 270 g/mol. The zero-order valence-corrected chi connectivity index (χ0v) is 12.6. The normalized spacial score (nSPS) is 24.1. The third kappa shape index (κ3) is 2.95. The van der Waals surface area contributed by atoms with Crippen molar-refractivity contribution < 1.29 is 4.42 Å². The SMILES string of the molecule is CC1CCC(CN)CN1Cc1coc(-c2cccs2)n1. The van der Waals surface area contributed by atoms with E-state index in [1.807, 2.05) is 17.5 Å². The topological polar surface area (TPSA) is 55.3 Å². The molecule has 20 heavy (non-hydrogen) atoms. The molecule has 5 heteroatoms. The highest BCUT2D eigenvalue weighted by atomic mass is 32.1. The molecule has 1 aliphatic rings. The number of piperidine rings is 1. The summed E-state index contributed by atoms with van der Waals surface area (Å²) in [6.07, 6.45) is 4.25. The molecule has 0 aromatic carbocycles. The number of likely N-dealkylation sites (tertiary alicyclic amines) is 1. The summed E-state index contributed by atoms with van der Waals surface area (Å²) in [4.78, 5) is 8.16. The quantitative estimate of drug-likeness (QED) is 0.941. The molecule has 0 bridgehead atoms. The van der Waals surface area contributed by atoms with Crippen molar-refractivity contribution in [2.24, 2.45) is 11.7 Å². The van der Waals surface area contributed by atoms with Gasteiger partial charge in [0.2, 0.25) is 5.89 Å². The number of oxazole rings is 1. The van der Waals surface area contributed by atoms with Gasteiger partial charge in [-0.1, -0.05) is 6.07 Å². The molecule has 0 radical (unpaired) electrons. The summed E-state index contributed by atoms with van der Waals surface area (Å²) in [5, 5.41) is 2.04. The van der Waals surface area contributed by atoms with Gasteiger partial charge in [0.15, 0.2) is 0 Å². The molecule has 0 amide bonds. The molecule has 2 aromatic rings. The number of nitrogens with two attached hydrogens (primary N) is 1. The smallest absolute Gasteiger partial charge is 0.236 e. The molecule has 3 heterocycles. The maximum absolute atomic E-state index is 5.81. The van der Waals surface area contributed by atoms with Gasteiger partial charge in [0.1, 0.15) is 6.26 Å². The second-order valence-electron chi connectivity index (χ2n) is 5.58. The summed E-state index contributed by atoms with van der Waals surface area (Å²) in [7, 11) is 0. The van der Waals surface area contributed by atoms with Gasteiger partial charge in [-0.3, -0.25) is 4.90 Å². The average Bonchev–Trinajstić information content (AvgIpc) is 3.12. The molecule has 2 N–H and O–H groups in total. The minimum absolute atomic E-state index is 0.597. The van der Waals surface area contributed by atoms with Gasteiger partial charge in [-0.25, -0.2) is 4.98 Å². The van der Waals surface area contributed by atoms with Crippen LogP contribution >= 0.6 is 11.3 Å². The van der Waals surface area contributed by atoms with E-state index in [4.69, 9.17) is 10.2 Å². The minimum atomic E-state index is 0.597. The monoisotopic (exact) mass is 291 g/mol. The summed E-state index contributed by atoms with van der Waals surface area (Å²) in [5.74, 6) is 1.35. The highest BCUT2D eigenvalue weighted by Gasteiger charge is 2.25. The fourth-order valence-electron chi connectivity index (χ4n) is 2.78. The second kappa shape index (κ2) is 6.08. The molecule has 2 unspecified atom stereocenters.